The van der Waals surface area contributed by atoms with Gasteiger partial charge in [0.2, 0.25) is 0 Å². The van der Waals surface area contributed by atoms with Crippen molar-refractivity contribution < 1.29 is 28.6 Å². The van der Waals surface area contributed by atoms with Gasteiger partial charge >= 0.3 is 17.9 Å². The molecule has 386 valence electrons. The third-order valence-corrected chi connectivity index (χ3v) is 12.2. The van der Waals surface area contributed by atoms with Gasteiger partial charge in [-0.25, -0.2) is 0 Å². The summed E-state index contributed by atoms with van der Waals surface area (Å²) >= 11 is 0. The Morgan fingerprint density at radius 3 is 0.910 bits per heavy atom. The minimum absolute atomic E-state index is 0.0741. The average molecular weight is 936 g/mol. The van der Waals surface area contributed by atoms with E-state index in [0.717, 1.165) is 103 Å². The van der Waals surface area contributed by atoms with Crippen LogP contribution in [0.15, 0.2) is 72.9 Å². The van der Waals surface area contributed by atoms with E-state index in [1.165, 1.54) is 135 Å². The number of hydrogen-bond acceptors (Lipinski definition) is 6. The second-order valence-corrected chi connectivity index (χ2v) is 18.8. The highest BCUT2D eigenvalue weighted by Gasteiger charge is 2.19. The molecule has 0 spiro atoms. The van der Waals surface area contributed by atoms with Crippen molar-refractivity contribution in [1.29, 1.82) is 0 Å². The van der Waals surface area contributed by atoms with Gasteiger partial charge in [0.05, 0.1) is 0 Å². The van der Waals surface area contributed by atoms with E-state index in [-0.39, 0.29) is 31.1 Å². The molecule has 1 atom stereocenters. The Balaban J connectivity index is 4.21. The first-order chi connectivity index (χ1) is 33.0. The minimum Gasteiger partial charge on any atom is -0.462 e. The molecule has 0 saturated carbocycles. The molecule has 0 radical (unpaired) electrons. The van der Waals surface area contributed by atoms with Crippen molar-refractivity contribution in [3.8, 4) is 0 Å². The van der Waals surface area contributed by atoms with Crippen LogP contribution in [-0.4, -0.2) is 37.2 Å². The SMILES string of the molecule is CC/C=C\C/C=C\C/C=C\C/C=C\C/C=C\C/C=C\CCCCCCCCCCC(=O)OCC(COC(=O)CCCCCCCCCCC)OC(=O)CCCCCCCCCCCCCCC. The second kappa shape index (κ2) is 55.4. The highest BCUT2D eigenvalue weighted by Crippen LogP contribution is 2.16. The third kappa shape index (κ3) is 53.7. The Bertz CT molecular complexity index is 1260. The summed E-state index contributed by atoms with van der Waals surface area (Å²) in [4.78, 5) is 38.0. The monoisotopic (exact) mass is 935 g/mol. The number of carbonyl (C=O) groups excluding carboxylic acids is 3. The molecular weight excluding hydrogens is 829 g/mol. The molecule has 0 aromatic carbocycles. The fourth-order valence-corrected chi connectivity index (χ4v) is 7.98. The fraction of sp³-hybridized carbons (Fsp3) is 0.754. The molecule has 0 amide bonds. The lowest BCUT2D eigenvalue weighted by molar-refractivity contribution is -0.167. The van der Waals surface area contributed by atoms with Crippen LogP contribution >= 0.6 is 0 Å². The van der Waals surface area contributed by atoms with Gasteiger partial charge in [-0.3, -0.25) is 14.4 Å². The van der Waals surface area contributed by atoms with E-state index in [9.17, 15) is 14.4 Å². The summed E-state index contributed by atoms with van der Waals surface area (Å²) in [5, 5.41) is 0. The van der Waals surface area contributed by atoms with Crippen LogP contribution in [0.25, 0.3) is 0 Å². The summed E-state index contributed by atoms with van der Waals surface area (Å²) in [5.74, 6) is -0.877. The van der Waals surface area contributed by atoms with Crippen LogP contribution in [0.5, 0.6) is 0 Å². The zero-order chi connectivity index (χ0) is 48.6. The Kier molecular flexibility index (Phi) is 52.8. The van der Waals surface area contributed by atoms with Gasteiger partial charge in [0.15, 0.2) is 6.10 Å². The van der Waals surface area contributed by atoms with Gasteiger partial charge in [-0.05, 0) is 70.6 Å². The van der Waals surface area contributed by atoms with Crippen molar-refractivity contribution in [2.24, 2.45) is 0 Å². The highest BCUT2D eigenvalue weighted by molar-refractivity contribution is 5.71. The molecule has 67 heavy (non-hydrogen) atoms. The fourth-order valence-electron chi connectivity index (χ4n) is 7.98. The van der Waals surface area contributed by atoms with E-state index in [0.29, 0.717) is 19.3 Å². The number of unbranched alkanes of at least 4 members (excludes halogenated alkanes) is 28. The van der Waals surface area contributed by atoms with Gasteiger partial charge in [-0.2, -0.15) is 0 Å². The molecule has 0 aliphatic rings. The smallest absolute Gasteiger partial charge is 0.306 e. The van der Waals surface area contributed by atoms with Crippen LogP contribution in [0, 0.1) is 0 Å². The van der Waals surface area contributed by atoms with E-state index in [2.05, 4.69) is 93.7 Å². The van der Waals surface area contributed by atoms with Crippen molar-refractivity contribution in [3.63, 3.8) is 0 Å². The van der Waals surface area contributed by atoms with E-state index < -0.39 is 6.10 Å². The van der Waals surface area contributed by atoms with Gasteiger partial charge in [0, 0.05) is 19.3 Å². The van der Waals surface area contributed by atoms with Gasteiger partial charge in [0.1, 0.15) is 13.2 Å². The Hall–Kier alpha value is -3.15. The zero-order valence-corrected chi connectivity index (χ0v) is 44.2. The van der Waals surface area contributed by atoms with Crippen LogP contribution in [0.4, 0.5) is 0 Å². The van der Waals surface area contributed by atoms with Crippen molar-refractivity contribution in [3.05, 3.63) is 72.9 Å². The van der Waals surface area contributed by atoms with E-state index in [1.54, 1.807) is 0 Å². The molecule has 0 aromatic rings. The van der Waals surface area contributed by atoms with Gasteiger partial charge < -0.3 is 14.2 Å². The van der Waals surface area contributed by atoms with Gasteiger partial charge in [-0.1, -0.05) is 261 Å². The quantitative estimate of drug-likeness (QED) is 0.0262. The maximum absolute atomic E-state index is 12.8. The summed E-state index contributed by atoms with van der Waals surface area (Å²) in [6, 6.07) is 0. The van der Waals surface area contributed by atoms with Crippen LogP contribution in [0.1, 0.15) is 278 Å². The normalized spacial score (nSPS) is 12.6. The molecule has 0 rings (SSSR count). The molecule has 0 N–H and O–H groups in total. The molecule has 0 aliphatic heterocycles. The molecule has 0 fully saturated rings. The van der Waals surface area contributed by atoms with Gasteiger partial charge in [-0.15, -0.1) is 0 Å². The molecule has 6 heteroatoms. The first-order valence-corrected chi connectivity index (χ1v) is 28.4. The van der Waals surface area contributed by atoms with Crippen molar-refractivity contribution in [1.82, 2.24) is 0 Å². The Morgan fingerprint density at radius 2 is 0.582 bits per heavy atom. The molecule has 0 aromatic heterocycles. The number of allylic oxidation sites excluding steroid dienone is 12. The van der Waals surface area contributed by atoms with Crippen molar-refractivity contribution in [2.75, 3.05) is 13.2 Å². The van der Waals surface area contributed by atoms with Crippen LogP contribution in [0.2, 0.25) is 0 Å². The molecule has 0 aliphatic carbocycles. The van der Waals surface area contributed by atoms with Crippen molar-refractivity contribution in [2.45, 2.75) is 284 Å². The lowest BCUT2D eigenvalue weighted by Gasteiger charge is -2.18. The largest absolute Gasteiger partial charge is 0.462 e. The average Bonchev–Trinajstić information content (AvgIpc) is 3.33. The standard InChI is InChI=1S/C61H106O6/c1-4-7-10-13-16-19-21-23-24-25-26-27-28-29-30-31-32-33-34-35-36-38-39-42-45-48-51-54-60(63)66-57-58(56-65-59(62)53-50-47-44-41-18-15-12-9-6-3)67-61(64)55-52-49-46-43-40-37-22-20-17-14-11-8-5-2/h7,10,16,19,23-24,26-27,29-30,32-33,58H,4-6,8-9,11-15,17-18,20-22,25,28,31,34-57H2,1-3H3/b10-7-,19-16-,24-23-,27-26-,30-29-,33-32-. The van der Waals surface area contributed by atoms with Crippen LogP contribution in [-0.2, 0) is 28.6 Å². The number of esters is 3. The molecular formula is C61H106O6. The summed E-state index contributed by atoms with van der Waals surface area (Å²) in [7, 11) is 0. The number of hydrogen-bond donors (Lipinski definition) is 0. The van der Waals surface area contributed by atoms with Crippen LogP contribution in [0.3, 0.4) is 0 Å². The number of carbonyl (C=O) groups is 3. The summed E-state index contributed by atoms with van der Waals surface area (Å²) in [6.07, 6.45) is 70.4. The van der Waals surface area contributed by atoms with E-state index in [4.69, 9.17) is 14.2 Å². The summed E-state index contributed by atoms with van der Waals surface area (Å²) in [6.45, 7) is 6.51. The first kappa shape index (κ1) is 63.8. The zero-order valence-electron chi connectivity index (χ0n) is 44.2. The highest BCUT2D eigenvalue weighted by atomic mass is 16.6. The lowest BCUT2D eigenvalue weighted by atomic mass is 10.0. The Labute approximate surface area is 414 Å². The van der Waals surface area contributed by atoms with Crippen molar-refractivity contribution >= 4 is 17.9 Å². The van der Waals surface area contributed by atoms with Gasteiger partial charge in [0.25, 0.3) is 0 Å². The Morgan fingerprint density at radius 1 is 0.313 bits per heavy atom. The number of rotatable bonds is 51. The first-order valence-electron chi connectivity index (χ1n) is 28.4. The molecule has 1 unspecified atom stereocenters. The number of ether oxygens (including phenoxy) is 3. The van der Waals surface area contributed by atoms with E-state index >= 15 is 0 Å². The third-order valence-electron chi connectivity index (χ3n) is 12.2. The lowest BCUT2D eigenvalue weighted by Crippen LogP contribution is -2.30. The maximum Gasteiger partial charge on any atom is 0.306 e. The van der Waals surface area contributed by atoms with Crippen LogP contribution < -0.4 is 0 Å². The topological polar surface area (TPSA) is 78.9 Å². The molecule has 0 bridgehead atoms. The van der Waals surface area contributed by atoms with E-state index in [1.807, 2.05) is 0 Å². The molecule has 0 saturated heterocycles. The predicted molar refractivity (Wildman–Crippen MR) is 288 cm³/mol. The minimum atomic E-state index is -0.773. The predicted octanol–water partition coefficient (Wildman–Crippen LogP) is 19.0. The molecule has 0 heterocycles. The molecule has 6 nitrogen and oxygen atoms in total. The summed E-state index contributed by atoms with van der Waals surface area (Å²) in [5.41, 5.74) is 0. The maximum atomic E-state index is 12.8. The summed E-state index contributed by atoms with van der Waals surface area (Å²) < 4.78 is 16.8. The second-order valence-electron chi connectivity index (χ2n) is 18.8.